The van der Waals surface area contributed by atoms with Crippen molar-refractivity contribution < 1.29 is 9.90 Å². The lowest BCUT2D eigenvalue weighted by Crippen LogP contribution is -2.28. The number of carbonyl (C=O) groups excluding carboxylic acids is 1. The second-order valence-electron chi connectivity index (χ2n) is 5.39. The van der Waals surface area contributed by atoms with Crippen LogP contribution in [-0.4, -0.2) is 40.4 Å². The number of benzene rings is 1. The topological polar surface area (TPSA) is 70.4 Å². The fourth-order valence-electron chi connectivity index (χ4n) is 2.43. The summed E-state index contributed by atoms with van der Waals surface area (Å²) in [6.45, 7) is 6.22. The van der Waals surface area contributed by atoms with Crippen LogP contribution in [0.4, 0.5) is 5.69 Å². The molecule has 124 valence electrons. The molecule has 1 aromatic heterocycles. The molecule has 6 heteroatoms. The van der Waals surface area contributed by atoms with Gasteiger partial charge in [-0.15, -0.1) is 0 Å². The van der Waals surface area contributed by atoms with Crippen LogP contribution in [0, 0.1) is 0 Å². The largest absolute Gasteiger partial charge is 0.386 e. The molecule has 1 heterocycles. The minimum atomic E-state index is -0.761. The van der Waals surface area contributed by atoms with Crippen LogP contribution in [0.25, 0.3) is 0 Å². The third-order valence-electron chi connectivity index (χ3n) is 3.82. The van der Waals surface area contributed by atoms with Crippen molar-refractivity contribution in [2.75, 3.05) is 24.5 Å². The maximum atomic E-state index is 12.1. The van der Waals surface area contributed by atoms with Gasteiger partial charge in [0.05, 0.1) is 12.3 Å². The molecular weight excluding hydrogens is 292 g/mol. The third kappa shape index (κ3) is 4.32. The van der Waals surface area contributed by atoms with Crippen molar-refractivity contribution in [3.05, 3.63) is 47.8 Å². The molecule has 0 saturated heterocycles. The number of aromatic nitrogens is 2. The zero-order valence-electron chi connectivity index (χ0n) is 13.9. The molecule has 0 fully saturated rings. The Morgan fingerprint density at radius 3 is 2.48 bits per heavy atom. The Morgan fingerprint density at radius 1 is 1.30 bits per heavy atom. The molecule has 0 saturated carbocycles. The molecule has 1 atom stereocenters. The SMILES string of the molecule is CCN(CC)c1ccc(C(=O)NC[C@H](O)c2cnn(C)c2)cc1. The first-order valence-electron chi connectivity index (χ1n) is 7.85. The summed E-state index contributed by atoms with van der Waals surface area (Å²) in [5.74, 6) is -0.195. The Balaban J connectivity index is 1.93. The number of aryl methyl sites for hydroxylation is 1. The van der Waals surface area contributed by atoms with E-state index in [1.165, 1.54) is 0 Å². The summed E-state index contributed by atoms with van der Waals surface area (Å²) in [7, 11) is 1.78. The Bertz CT molecular complexity index is 632. The highest BCUT2D eigenvalue weighted by Crippen LogP contribution is 2.15. The second kappa shape index (κ2) is 7.78. The molecule has 6 nitrogen and oxygen atoms in total. The smallest absolute Gasteiger partial charge is 0.251 e. The van der Waals surface area contributed by atoms with E-state index in [0.717, 1.165) is 18.8 Å². The number of hydrogen-bond donors (Lipinski definition) is 2. The normalized spacial score (nSPS) is 12.0. The number of aliphatic hydroxyl groups is 1. The lowest BCUT2D eigenvalue weighted by atomic mass is 10.1. The number of nitrogens with one attached hydrogen (secondary N) is 1. The van der Waals surface area contributed by atoms with Crippen molar-refractivity contribution in [3.63, 3.8) is 0 Å². The van der Waals surface area contributed by atoms with Gasteiger partial charge < -0.3 is 15.3 Å². The van der Waals surface area contributed by atoms with Crippen molar-refractivity contribution in [2.45, 2.75) is 20.0 Å². The van der Waals surface area contributed by atoms with E-state index in [9.17, 15) is 9.90 Å². The molecule has 23 heavy (non-hydrogen) atoms. The van der Waals surface area contributed by atoms with Crippen LogP contribution in [-0.2, 0) is 7.05 Å². The van der Waals surface area contributed by atoms with Crippen LogP contribution in [0.1, 0.15) is 35.9 Å². The molecular formula is C17H24N4O2. The summed E-state index contributed by atoms with van der Waals surface area (Å²) in [5.41, 5.74) is 2.37. The van der Waals surface area contributed by atoms with Crippen molar-refractivity contribution in [1.29, 1.82) is 0 Å². The van der Waals surface area contributed by atoms with Crippen LogP contribution in [0.15, 0.2) is 36.7 Å². The van der Waals surface area contributed by atoms with Crippen LogP contribution in [0.2, 0.25) is 0 Å². The van der Waals surface area contributed by atoms with Crippen molar-refractivity contribution >= 4 is 11.6 Å². The van der Waals surface area contributed by atoms with Gasteiger partial charge in [-0.25, -0.2) is 0 Å². The maximum Gasteiger partial charge on any atom is 0.251 e. The van der Waals surface area contributed by atoms with E-state index in [4.69, 9.17) is 0 Å². The van der Waals surface area contributed by atoms with E-state index in [1.54, 1.807) is 36.3 Å². The fourth-order valence-corrected chi connectivity index (χ4v) is 2.43. The van der Waals surface area contributed by atoms with Gasteiger partial charge in [-0.3, -0.25) is 9.48 Å². The van der Waals surface area contributed by atoms with Crippen LogP contribution in [0.5, 0.6) is 0 Å². The van der Waals surface area contributed by atoms with E-state index in [2.05, 4.69) is 29.2 Å². The molecule has 1 amide bonds. The summed E-state index contributed by atoms with van der Waals surface area (Å²) in [5, 5.41) is 16.8. The molecule has 0 spiro atoms. The van der Waals surface area contributed by atoms with Gasteiger partial charge >= 0.3 is 0 Å². The van der Waals surface area contributed by atoms with Gasteiger partial charge in [0.25, 0.3) is 5.91 Å². The van der Waals surface area contributed by atoms with Gasteiger partial charge in [-0.2, -0.15) is 5.10 Å². The number of amides is 1. The lowest BCUT2D eigenvalue weighted by Gasteiger charge is -2.21. The third-order valence-corrected chi connectivity index (χ3v) is 3.82. The number of aliphatic hydroxyl groups excluding tert-OH is 1. The Hall–Kier alpha value is -2.34. The molecule has 0 bridgehead atoms. The number of carbonyl (C=O) groups is 1. The molecule has 2 aromatic rings. The molecule has 2 rings (SSSR count). The zero-order valence-corrected chi connectivity index (χ0v) is 13.9. The van der Waals surface area contributed by atoms with Crippen LogP contribution >= 0.6 is 0 Å². The summed E-state index contributed by atoms with van der Waals surface area (Å²) >= 11 is 0. The maximum absolute atomic E-state index is 12.1. The highest BCUT2D eigenvalue weighted by Gasteiger charge is 2.12. The standard InChI is InChI=1S/C17H24N4O2/c1-4-21(5-2)15-8-6-13(7-9-15)17(23)18-11-16(22)14-10-19-20(3)12-14/h6-10,12,16,22H,4-5,11H2,1-3H3,(H,18,23)/t16-/m0/s1. The van der Waals surface area contributed by atoms with Gasteiger partial charge in [0, 0.05) is 49.7 Å². The van der Waals surface area contributed by atoms with Gasteiger partial charge in [0.2, 0.25) is 0 Å². The zero-order chi connectivity index (χ0) is 16.8. The fraction of sp³-hybridized carbons (Fsp3) is 0.412. The first-order valence-corrected chi connectivity index (χ1v) is 7.85. The molecule has 0 aliphatic heterocycles. The highest BCUT2D eigenvalue weighted by atomic mass is 16.3. The van der Waals surface area contributed by atoms with Crippen molar-refractivity contribution in [1.82, 2.24) is 15.1 Å². The molecule has 0 aliphatic carbocycles. The van der Waals surface area contributed by atoms with Gasteiger partial charge in [0.1, 0.15) is 0 Å². The molecule has 2 N–H and O–H groups in total. The Labute approximate surface area is 136 Å². The summed E-state index contributed by atoms with van der Waals surface area (Å²) in [6, 6.07) is 7.50. The highest BCUT2D eigenvalue weighted by molar-refractivity contribution is 5.94. The molecule has 0 aliphatic rings. The molecule has 0 radical (unpaired) electrons. The van der Waals surface area contributed by atoms with E-state index < -0.39 is 6.10 Å². The van der Waals surface area contributed by atoms with Gasteiger partial charge in [-0.05, 0) is 38.1 Å². The average molecular weight is 316 g/mol. The van der Waals surface area contributed by atoms with Crippen LogP contribution < -0.4 is 10.2 Å². The predicted molar refractivity (Wildman–Crippen MR) is 90.5 cm³/mol. The van der Waals surface area contributed by atoms with E-state index in [-0.39, 0.29) is 12.5 Å². The minimum Gasteiger partial charge on any atom is -0.386 e. The number of hydrogen-bond acceptors (Lipinski definition) is 4. The minimum absolute atomic E-state index is 0.155. The second-order valence-corrected chi connectivity index (χ2v) is 5.39. The summed E-state index contributed by atoms with van der Waals surface area (Å²) in [4.78, 5) is 14.4. The first-order chi connectivity index (χ1) is 11.0. The van der Waals surface area contributed by atoms with Crippen molar-refractivity contribution in [2.24, 2.45) is 7.05 Å². The van der Waals surface area contributed by atoms with Gasteiger partial charge in [0.15, 0.2) is 0 Å². The van der Waals surface area contributed by atoms with Crippen LogP contribution in [0.3, 0.4) is 0 Å². The average Bonchev–Trinajstić information content (AvgIpc) is 3.00. The number of rotatable bonds is 7. The van der Waals surface area contributed by atoms with E-state index in [0.29, 0.717) is 11.1 Å². The predicted octanol–water partition coefficient (Wildman–Crippen LogP) is 1.73. The quantitative estimate of drug-likeness (QED) is 0.816. The van der Waals surface area contributed by atoms with Crippen molar-refractivity contribution in [3.8, 4) is 0 Å². The van der Waals surface area contributed by atoms with Gasteiger partial charge in [-0.1, -0.05) is 0 Å². The molecule has 1 aromatic carbocycles. The first kappa shape index (κ1) is 17.0. The van der Waals surface area contributed by atoms with E-state index in [1.807, 2.05) is 12.1 Å². The Morgan fingerprint density at radius 2 is 1.96 bits per heavy atom. The number of anilines is 1. The lowest BCUT2D eigenvalue weighted by molar-refractivity contribution is 0.0916. The summed E-state index contributed by atoms with van der Waals surface area (Å²) in [6.07, 6.45) is 2.56. The monoisotopic (exact) mass is 316 g/mol. The molecule has 0 unspecified atom stereocenters. The Kier molecular flexibility index (Phi) is 5.76. The summed E-state index contributed by atoms with van der Waals surface area (Å²) < 4.78 is 1.62. The van der Waals surface area contributed by atoms with E-state index >= 15 is 0 Å². The number of nitrogens with zero attached hydrogens (tertiary/aromatic N) is 3.